The molecule has 2 saturated heterocycles. The molecule has 296 valence electrons. The molecule has 0 aromatic rings. The number of piperazine rings is 1. The summed E-state index contributed by atoms with van der Waals surface area (Å²) in [7, 11) is 0. The van der Waals surface area contributed by atoms with Crippen LogP contribution in [0.1, 0.15) is 119 Å². The van der Waals surface area contributed by atoms with E-state index < -0.39 is 5.41 Å². The molecular formula is C45H59N3O6S. The molecule has 6 fully saturated rings. The Morgan fingerprint density at radius 3 is 2.25 bits per heavy atom. The summed E-state index contributed by atoms with van der Waals surface area (Å²) in [6.45, 7) is 15.1. The lowest BCUT2D eigenvalue weighted by Crippen LogP contribution is -2.63. The number of thioether (sulfide) groups is 1. The van der Waals surface area contributed by atoms with Crippen LogP contribution >= 0.6 is 11.8 Å². The van der Waals surface area contributed by atoms with E-state index in [4.69, 9.17) is 0 Å². The van der Waals surface area contributed by atoms with Crippen LogP contribution in [0.15, 0.2) is 57.3 Å². The van der Waals surface area contributed by atoms with Gasteiger partial charge in [0, 0.05) is 42.6 Å². The lowest BCUT2D eigenvalue weighted by molar-refractivity contribution is -0.175. The van der Waals surface area contributed by atoms with Crippen LogP contribution < -0.4 is 0 Å². The second-order valence-electron chi connectivity index (χ2n) is 19.5. The van der Waals surface area contributed by atoms with Crippen molar-refractivity contribution >= 4 is 40.5 Å². The quantitative estimate of drug-likeness (QED) is 0.286. The number of hydrogen-bond acceptors (Lipinski definition) is 7. The van der Waals surface area contributed by atoms with E-state index in [0.717, 1.165) is 98.4 Å². The molecule has 0 spiro atoms. The lowest BCUT2D eigenvalue weighted by atomic mass is 9.34. The van der Waals surface area contributed by atoms with Gasteiger partial charge in [-0.3, -0.25) is 28.9 Å². The van der Waals surface area contributed by atoms with Crippen molar-refractivity contribution in [3.05, 3.63) is 57.3 Å². The third kappa shape index (κ3) is 5.88. The molecule has 2 aliphatic heterocycles. The molecule has 6 atom stereocenters. The summed E-state index contributed by atoms with van der Waals surface area (Å²) in [5, 5.41) is 10.1. The first kappa shape index (κ1) is 38.5. The Hall–Kier alpha value is -3.40. The second kappa shape index (κ2) is 13.3. The normalized spacial score (nSPS) is 38.9. The van der Waals surface area contributed by atoms with Crippen LogP contribution in [-0.2, 0) is 19.2 Å². The van der Waals surface area contributed by atoms with E-state index in [9.17, 15) is 29.1 Å². The molecule has 10 heteroatoms. The summed E-state index contributed by atoms with van der Waals surface area (Å²) < 4.78 is 0. The van der Waals surface area contributed by atoms with Crippen LogP contribution in [0.5, 0.6) is 0 Å². The zero-order valence-electron chi connectivity index (χ0n) is 33.7. The van der Waals surface area contributed by atoms with Crippen molar-refractivity contribution in [1.82, 2.24) is 14.7 Å². The van der Waals surface area contributed by atoms with E-state index >= 15 is 0 Å². The Labute approximate surface area is 330 Å². The Morgan fingerprint density at radius 1 is 0.873 bits per heavy atom. The summed E-state index contributed by atoms with van der Waals surface area (Å²) in [4.78, 5) is 72.1. The van der Waals surface area contributed by atoms with Crippen LogP contribution in [0.25, 0.3) is 0 Å². The number of aliphatic hydroxyl groups excluding tert-OH is 1. The van der Waals surface area contributed by atoms with Crippen LogP contribution in [0.4, 0.5) is 4.79 Å². The predicted molar refractivity (Wildman–Crippen MR) is 213 cm³/mol. The number of hydrogen-bond donors (Lipinski definition) is 1. The van der Waals surface area contributed by atoms with Crippen molar-refractivity contribution in [1.29, 1.82) is 0 Å². The van der Waals surface area contributed by atoms with Gasteiger partial charge in [-0.1, -0.05) is 77.7 Å². The van der Waals surface area contributed by atoms with Gasteiger partial charge in [-0.25, -0.2) is 0 Å². The first-order valence-electron chi connectivity index (χ1n) is 20.9. The average molecular weight is 770 g/mol. The highest BCUT2D eigenvalue weighted by Gasteiger charge is 2.67. The SMILES string of the molecule is CC1=C(O)C(=O)C=C2C1=CC=C1[C@@]2(C)CC[C@@]2(C)[C@@H]3C[C@](C)(C(=O)N4CCN(C(=O)CN5C(=O)S/C(=C\C6CCCCC6)C5=O)CC4)CC[C@]3(C)CC[C@]12C. The number of amides is 4. The molecular weight excluding hydrogens is 711 g/mol. The molecule has 4 amide bonds. The Bertz CT molecular complexity index is 1910. The topological polar surface area (TPSA) is 115 Å². The van der Waals surface area contributed by atoms with Gasteiger partial charge in [-0.15, -0.1) is 0 Å². The van der Waals surface area contributed by atoms with Gasteiger partial charge in [0.25, 0.3) is 11.1 Å². The minimum absolute atomic E-state index is 0.0514. The number of allylic oxidation sites excluding steroid dienone is 8. The van der Waals surface area contributed by atoms with E-state index in [-0.39, 0.29) is 62.7 Å². The predicted octanol–water partition coefficient (Wildman–Crippen LogP) is 8.44. The third-order valence-electron chi connectivity index (χ3n) is 16.5. The molecule has 55 heavy (non-hydrogen) atoms. The monoisotopic (exact) mass is 769 g/mol. The lowest BCUT2D eigenvalue weighted by Gasteiger charge is -2.70. The van der Waals surface area contributed by atoms with Crippen molar-refractivity contribution in [2.75, 3.05) is 32.7 Å². The fourth-order valence-electron chi connectivity index (χ4n) is 12.6. The van der Waals surface area contributed by atoms with Crippen molar-refractivity contribution < 1.29 is 29.1 Å². The number of carbonyl (C=O) groups is 5. The Morgan fingerprint density at radius 2 is 1.55 bits per heavy atom. The molecule has 2 heterocycles. The molecule has 1 N–H and O–H groups in total. The van der Waals surface area contributed by atoms with Crippen LogP contribution in [-0.4, -0.2) is 81.3 Å². The maximum atomic E-state index is 14.6. The van der Waals surface area contributed by atoms with Gasteiger partial charge in [-0.05, 0) is 122 Å². The molecule has 0 unspecified atom stereocenters. The number of carbonyl (C=O) groups excluding carboxylic acids is 5. The number of rotatable bonds is 4. The van der Waals surface area contributed by atoms with Crippen LogP contribution in [0.3, 0.4) is 0 Å². The van der Waals surface area contributed by atoms with E-state index in [0.29, 0.717) is 48.5 Å². The largest absolute Gasteiger partial charge is 0.504 e. The number of imide groups is 1. The van der Waals surface area contributed by atoms with Crippen LogP contribution in [0.2, 0.25) is 0 Å². The molecule has 0 bridgehead atoms. The summed E-state index contributed by atoms with van der Waals surface area (Å²) in [6.07, 6.45) is 20.4. The van der Waals surface area contributed by atoms with E-state index in [1.807, 2.05) is 17.9 Å². The standard InChI is InChI=1S/C45H59N3O6S/c1-28-30-12-13-34-43(4,31(30)25-32(49)37(28)51)17-19-45(6)35-26-42(3,15-14-41(35,2)16-18-44(34,45)5)39(53)47-22-20-46(21-23-47)36(50)27-48-38(52)33(55-40(48)54)24-29-10-8-7-9-11-29/h12-13,24-25,29,35,51H,7-11,14-23,26-27H2,1-6H3/b33-24-/t35-,41-,42-,43+,44-,45+/m1/s1. The first-order valence-corrected chi connectivity index (χ1v) is 21.7. The van der Waals surface area contributed by atoms with E-state index in [1.165, 1.54) is 12.0 Å². The molecule has 0 radical (unpaired) electrons. The highest BCUT2D eigenvalue weighted by Crippen LogP contribution is 2.75. The van der Waals surface area contributed by atoms with Gasteiger partial charge in [0.1, 0.15) is 6.54 Å². The second-order valence-corrected chi connectivity index (χ2v) is 20.5. The van der Waals surface area contributed by atoms with Crippen LogP contribution in [0, 0.1) is 38.9 Å². The van der Waals surface area contributed by atoms with Gasteiger partial charge >= 0.3 is 0 Å². The smallest absolute Gasteiger partial charge is 0.294 e. The maximum Gasteiger partial charge on any atom is 0.294 e. The number of fused-ring (bicyclic) bond motifs is 7. The summed E-state index contributed by atoms with van der Waals surface area (Å²) in [5.41, 5.74) is 3.20. The Balaban J connectivity index is 0.948. The maximum absolute atomic E-state index is 14.6. The van der Waals surface area contributed by atoms with E-state index in [1.54, 1.807) is 11.0 Å². The zero-order valence-corrected chi connectivity index (χ0v) is 34.5. The number of aliphatic hydroxyl groups is 1. The highest BCUT2D eigenvalue weighted by atomic mass is 32.2. The van der Waals surface area contributed by atoms with Crippen molar-refractivity contribution in [2.24, 2.45) is 38.9 Å². The highest BCUT2D eigenvalue weighted by molar-refractivity contribution is 8.18. The molecule has 0 aromatic heterocycles. The van der Waals surface area contributed by atoms with Gasteiger partial charge in [0.2, 0.25) is 17.6 Å². The molecule has 6 aliphatic carbocycles. The van der Waals surface area contributed by atoms with E-state index in [2.05, 4.69) is 46.8 Å². The van der Waals surface area contributed by atoms with Gasteiger partial charge in [0.05, 0.1) is 4.91 Å². The fraction of sp³-hybridized carbons (Fsp3) is 0.667. The summed E-state index contributed by atoms with van der Waals surface area (Å²) in [5.74, 6) is -0.236. The zero-order chi connectivity index (χ0) is 39.3. The van der Waals surface area contributed by atoms with Gasteiger partial charge in [-0.2, -0.15) is 0 Å². The summed E-state index contributed by atoms with van der Waals surface area (Å²) >= 11 is 0.952. The fourth-order valence-corrected chi connectivity index (χ4v) is 13.5. The molecule has 9 nitrogen and oxygen atoms in total. The molecule has 8 rings (SSSR count). The van der Waals surface area contributed by atoms with Gasteiger partial charge in [0.15, 0.2) is 5.76 Å². The van der Waals surface area contributed by atoms with Gasteiger partial charge < -0.3 is 14.9 Å². The van der Waals surface area contributed by atoms with Crippen molar-refractivity contribution in [3.63, 3.8) is 0 Å². The molecule has 0 aromatic carbocycles. The summed E-state index contributed by atoms with van der Waals surface area (Å²) in [6, 6.07) is 0. The molecule has 4 saturated carbocycles. The van der Waals surface area contributed by atoms with Crippen molar-refractivity contribution in [3.8, 4) is 0 Å². The minimum atomic E-state index is -0.517. The average Bonchev–Trinajstić information content (AvgIpc) is 3.43. The Kier molecular flexibility index (Phi) is 9.33. The minimum Gasteiger partial charge on any atom is -0.504 e. The first-order chi connectivity index (χ1) is 25.9. The number of nitrogens with zero attached hydrogens (tertiary/aromatic N) is 3. The third-order valence-corrected chi connectivity index (χ3v) is 17.4. The van der Waals surface area contributed by atoms with Crippen molar-refractivity contribution in [2.45, 2.75) is 119 Å². The molecule has 8 aliphatic rings. The number of ketones is 1.